The summed E-state index contributed by atoms with van der Waals surface area (Å²) in [5, 5.41) is 14.4. The first-order valence-corrected chi connectivity index (χ1v) is 15.0. The molecule has 7 rings (SSSR count). The van der Waals surface area contributed by atoms with Crippen LogP contribution in [0.3, 0.4) is 0 Å². The van der Waals surface area contributed by atoms with Crippen LogP contribution in [0.15, 0.2) is 67.0 Å². The van der Waals surface area contributed by atoms with Crippen molar-refractivity contribution in [3.05, 3.63) is 101 Å². The van der Waals surface area contributed by atoms with E-state index in [1.807, 2.05) is 17.7 Å². The molecule has 4 aromatic heterocycles. The third kappa shape index (κ3) is 5.79. The summed E-state index contributed by atoms with van der Waals surface area (Å²) in [5.74, 6) is -1.58. The summed E-state index contributed by atoms with van der Waals surface area (Å²) >= 11 is 1.47. The lowest BCUT2D eigenvalue weighted by atomic mass is 10.0. The number of carboxylic acid groups (broad SMARTS) is 1. The topological polar surface area (TPSA) is 117 Å². The molecule has 1 aliphatic heterocycles. The van der Waals surface area contributed by atoms with Crippen molar-refractivity contribution in [2.24, 2.45) is 7.05 Å². The predicted molar refractivity (Wildman–Crippen MR) is 162 cm³/mol. The van der Waals surface area contributed by atoms with Crippen molar-refractivity contribution in [3.63, 3.8) is 0 Å². The molecule has 228 valence electrons. The van der Waals surface area contributed by atoms with E-state index < -0.39 is 17.6 Å². The molecule has 5 heterocycles. The summed E-state index contributed by atoms with van der Waals surface area (Å²) in [7, 11) is 1.86. The van der Waals surface area contributed by atoms with Crippen LogP contribution in [0.25, 0.3) is 32.9 Å². The van der Waals surface area contributed by atoms with Crippen molar-refractivity contribution in [1.82, 2.24) is 29.3 Å². The molecule has 1 unspecified atom stereocenters. The highest BCUT2D eigenvalue weighted by molar-refractivity contribution is 7.15. The fraction of sp³-hybridized carbons (Fsp3) is 0.219. The molecule has 0 spiro atoms. The number of aromatic nitrogens is 6. The average molecular weight is 629 g/mol. The lowest BCUT2D eigenvalue weighted by molar-refractivity contribution is -0.0589. The summed E-state index contributed by atoms with van der Waals surface area (Å²) in [6.07, 6.45) is 4.26. The van der Waals surface area contributed by atoms with Gasteiger partial charge in [0.05, 0.1) is 45.5 Å². The molecule has 0 aliphatic carbocycles. The maximum absolute atomic E-state index is 15.5. The van der Waals surface area contributed by atoms with Crippen LogP contribution in [0.4, 0.5) is 8.78 Å². The summed E-state index contributed by atoms with van der Waals surface area (Å²) < 4.78 is 46.1. The molecule has 1 saturated heterocycles. The highest BCUT2D eigenvalue weighted by atomic mass is 32.1. The lowest BCUT2D eigenvalue weighted by Crippen LogP contribution is -2.31. The number of rotatable bonds is 10. The number of halogens is 2. The number of pyridine rings is 1. The zero-order valence-corrected chi connectivity index (χ0v) is 24.8. The second-order valence-corrected chi connectivity index (χ2v) is 11.8. The summed E-state index contributed by atoms with van der Waals surface area (Å²) in [6, 6.07) is 13.7. The number of carbonyl (C=O) groups is 1. The second-order valence-electron chi connectivity index (χ2n) is 10.6. The maximum Gasteiger partial charge on any atom is 0.335 e. The molecule has 1 N–H and O–H groups in total. The number of fused-ring (bicyclic) bond motifs is 1. The van der Waals surface area contributed by atoms with Gasteiger partial charge in [0.1, 0.15) is 29.1 Å². The number of thiazole rings is 1. The first-order chi connectivity index (χ1) is 21.8. The van der Waals surface area contributed by atoms with E-state index in [1.165, 1.54) is 17.4 Å². The van der Waals surface area contributed by atoms with E-state index in [0.29, 0.717) is 30.0 Å². The van der Waals surface area contributed by atoms with E-state index in [0.717, 1.165) is 34.1 Å². The van der Waals surface area contributed by atoms with E-state index in [1.54, 1.807) is 47.4 Å². The van der Waals surface area contributed by atoms with Crippen LogP contribution in [-0.4, -0.2) is 53.1 Å². The third-order valence-electron chi connectivity index (χ3n) is 7.71. The van der Waals surface area contributed by atoms with E-state index in [2.05, 4.69) is 20.1 Å². The number of nitrogens with zero attached hydrogens (tertiary/aromatic N) is 6. The first kappa shape index (κ1) is 28.7. The number of benzene rings is 2. The van der Waals surface area contributed by atoms with Crippen LogP contribution >= 0.6 is 11.3 Å². The Morgan fingerprint density at radius 2 is 2.00 bits per heavy atom. The highest BCUT2D eigenvalue weighted by Crippen LogP contribution is 2.30. The molecule has 2 aromatic carbocycles. The quantitative estimate of drug-likeness (QED) is 0.200. The van der Waals surface area contributed by atoms with Gasteiger partial charge in [-0.15, -0.1) is 11.3 Å². The zero-order chi connectivity index (χ0) is 31.1. The minimum absolute atomic E-state index is 0.00195. The predicted octanol–water partition coefficient (Wildman–Crippen LogP) is 5.89. The molecule has 0 saturated carbocycles. The smallest absolute Gasteiger partial charge is 0.335 e. The molecular weight excluding hydrogens is 602 g/mol. The number of aryl methyl sites for hydroxylation is 1. The molecule has 1 aliphatic rings. The monoisotopic (exact) mass is 628 g/mol. The summed E-state index contributed by atoms with van der Waals surface area (Å²) in [4.78, 5) is 26.0. The molecule has 13 heteroatoms. The summed E-state index contributed by atoms with van der Waals surface area (Å²) in [6.45, 7) is 1.24. The van der Waals surface area contributed by atoms with Crippen LogP contribution in [0.1, 0.15) is 33.2 Å². The van der Waals surface area contributed by atoms with Crippen molar-refractivity contribution in [2.75, 3.05) is 6.61 Å². The molecule has 6 aromatic rings. The fourth-order valence-corrected chi connectivity index (χ4v) is 6.15. The molecule has 1 atom stereocenters. The van der Waals surface area contributed by atoms with Crippen molar-refractivity contribution >= 4 is 28.3 Å². The molecule has 0 radical (unpaired) electrons. The van der Waals surface area contributed by atoms with E-state index in [9.17, 15) is 9.90 Å². The summed E-state index contributed by atoms with van der Waals surface area (Å²) in [5.41, 5.74) is 2.56. The first-order valence-electron chi connectivity index (χ1n) is 14.2. The molecule has 1 fully saturated rings. The van der Waals surface area contributed by atoms with Gasteiger partial charge in [-0.05, 0) is 54.4 Å². The SMILES string of the molecule is Cn1nccc1-c1cnc(COc2cccc(-c3cc(F)c(Cc4nc5ccc(C(=O)O)cc5n4CC4CCO4)cc3F)n2)s1. The van der Waals surface area contributed by atoms with Gasteiger partial charge < -0.3 is 19.1 Å². The number of hydrogen-bond acceptors (Lipinski definition) is 8. The number of aromatic carboxylic acids is 1. The van der Waals surface area contributed by atoms with Crippen molar-refractivity contribution < 1.29 is 28.2 Å². The Labute approximate surface area is 259 Å². The van der Waals surface area contributed by atoms with Crippen molar-refractivity contribution in [2.45, 2.75) is 32.1 Å². The number of imidazole rings is 1. The largest absolute Gasteiger partial charge is 0.478 e. The van der Waals surface area contributed by atoms with Gasteiger partial charge in [0, 0.05) is 44.1 Å². The second kappa shape index (κ2) is 11.8. The van der Waals surface area contributed by atoms with Crippen LogP contribution in [0.2, 0.25) is 0 Å². The molecule has 0 bridgehead atoms. The number of carboxylic acids is 1. The Hall–Kier alpha value is -5.01. The standard InChI is InChI=1S/C32H26F2N6O4S/c1-39-26(7-9-36-39)28-15-35-31(45-28)17-44-30-4-2-3-24(38-30)21-14-22(33)19(11-23(21)34)13-29-37-25-6-5-18(32(41)42)12-27(25)40(29)16-20-8-10-43-20/h2-7,9,11-12,14-15,20H,8,10,13,16-17H2,1H3,(H,41,42). The fourth-order valence-electron chi connectivity index (χ4n) is 5.26. The maximum atomic E-state index is 15.5. The van der Waals surface area contributed by atoms with E-state index >= 15 is 8.78 Å². The Kier molecular flexibility index (Phi) is 7.55. The van der Waals surface area contributed by atoms with Gasteiger partial charge in [0.15, 0.2) is 0 Å². The van der Waals surface area contributed by atoms with Crippen LogP contribution in [0, 0.1) is 11.6 Å². The van der Waals surface area contributed by atoms with Gasteiger partial charge >= 0.3 is 5.97 Å². The van der Waals surface area contributed by atoms with Crippen molar-refractivity contribution in [1.29, 1.82) is 0 Å². The van der Waals surface area contributed by atoms with Gasteiger partial charge in [-0.3, -0.25) is 4.68 Å². The third-order valence-corrected chi connectivity index (χ3v) is 8.70. The normalized spacial score (nSPS) is 14.5. The van der Waals surface area contributed by atoms with Crippen LogP contribution in [0.5, 0.6) is 5.88 Å². The molecule has 10 nitrogen and oxygen atoms in total. The number of ether oxygens (including phenoxy) is 2. The Morgan fingerprint density at radius 3 is 2.76 bits per heavy atom. The van der Waals surface area contributed by atoms with Gasteiger partial charge in [0.25, 0.3) is 0 Å². The molecular formula is C32H26F2N6O4S. The van der Waals surface area contributed by atoms with Gasteiger partial charge in [0.2, 0.25) is 5.88 Å². The van der Waals surface area contributed by atoms with Crippen LogP contribution < -0.4 is 4.74 Å². The van der Waals surface area contributed by atoms with E-state index in [-0.39, 0.29) is 47.4 Å². The van der Waals surface area contributed by atoms with Crippen LogP contribution in [-0.2, 0) is 31.4 Å². The zero-order valence-electron chi connectivity index (χ0n) is 24.0. The minimum Gasteiger partial charge on any atom is -0.478 e. The Bertz CT molecular complexity index is 2050. The number of hydrogen-bond donors (Lipinski definition) is 1. The lowest BCUT2D eigenvalue weighted by Gasteiger charge is -2.27. The van der Waals surface area contributed by atoms with Gasteiger partial charge in [-0.2, -0.15) is 5.10 Å². The van der Waals surface area contributed by atoms with Gasteiger partial charge in [-0.1, -0.05) is 6.07 Å². The Morgan fingerprint density at radius 1 is 1.13 bits per heavy atom. The molecule has 0 amide bonds. The van der Waals surface area contributed by atoms with E-state index in [4.69, 9.17) is 9.47 Å². The highest BCUT2D eigenvalue weighted by Gasteiger charge is 2.24. The van der Waals surface area contributed by atoms with Gasteiger partial charge in [-0.25, -0.2) is 28.5 Å². The molecule has 45 heavy (non-hydrogen) atoms. The van der Waals surface area contributed by atoms with Crippen molar-refractivity contribution in [3.8, 4) is 27.7 Å². The minimum atomic E-state index is -1.06. The Balaban J connectivity index is 1.12. The average Bonchev–Trinajstić information content (AvgIpc) is 3.73.